The van der Waals surface area contributed by atoms with Crippen molar-refractivity contribution in [3.05, 3.63) is 36.4 Å². The molecule has 0 aliphatic carbocycles. The predicted octanol–water partition coefficient (Wildman–Crippen LogP) is 15.2. The van der Waals surface area contributed by atoms with Crippen molar-refractivity contribution in [2.75, 3.05) is 23.0 Å². The topological polar surface area (TPSA) is 40.5 Å². The van der Waals surface area contributed by atoms with Crippen molar-refractivity contribution in [1.29, 1.82) is 0 Å². The highest BCUT2D eigenvalue weighted by Crippen LogP contribution is 2.47. The van der Waals surface area contributed by atoms with E-state index in [2.05, 4.69) is 52.0 Å². The Labute approximate surface area is 308 Å². The van der Waals surface area contributed by atoms with Gasteiger partial charge in [-0.25, -0.2) is 0 Å². The summed E-state index contributed by atoms with van der Waals surface area (Å²) in [6.45, 7) is 9.06. The van der Waals surface area contributed by atoms with Gasteiger partial charge in [0.2, 0.25) is 0 Å². The molecule has 0 aromatic heterocycles. The van der Waals surface area contributed by atoms with Gasteiger partial charge >= 0.3 is 0 Å². The van der Waals surface area contributed by atoms with Crippen molar-refractivity contribution >= 4 is 79.4 Å². The first-order chi connectivity index (χ1) is 23.5. The Balaban J connectivity index is 1.84. The summed E-state index contributed by atoms with van der Waals surface area (Å²) in [7, 11) is 0. The highest BCUT2D eigenvalue weighted by molar-refractivity contribution is 8.02. The molecule has 0 radical (unpaired) electrons. The van der Waals surface area contributed by atoms with Crippen molar-refractivity contribution in [2.45, 2.75) is 150 Å². The Morgan fingerprint density at radius 1 is 0.333 bits per heavy atom. The van der Waals surface area contributed by atoms with E-state index in [4.69, 9.17) is 0 Å². The minimum Gasteiger partial charge on any atom is -0.507 e. The number of hydrogen-bond acceptors (Lipinski definition) is 6. The van der Waals surface area contributed by atoms with Crippen LogP contribution in [0.3, 0.4) is 0 Å². The summed E-state index contributed by atoms with van der Waals surface area (Å²) in [5, 5.41) is 29.5. The van der Waals surface area contributed by atoms with Gasteiger partial charge in [-0.15, -0.1) is 47.0 Å². The van der Waals surface area contributed by atoms with Crippen LogP contribution in [0, 0.1) is 0 Å². The van der Waals surface area contributed by atoms with Gasteiger partial charge in [-0.3, -0.25) is 0 Å². The molecule has 0 heterocycles. The van der Waals surface area contributed by atoms with E-state index in [0.717, 1.165) is 43.6 Å². The molecule has 4 aromatic carbocycles. The third kappa shape index (κ3) is 11.3. The second-order valence-electron chi connectivity index (χ2n) is 13.2. The fourth-order valence-corrected chi connectivity index (χ4v) is 10.6. The van der Waals surface area contributed by atoms with Crippen molar-refractivity contribution < 1.29 is 10.2 Å². The number of rotatable bonds is 24. The third-order valence-corrected chi connectivity index (χ3v) is 13.8. The van der Waals surface area contributed by atoms with Crippen LogP contribution in [0.4, 0.5) is 0 Å². The van der Waals surface area contributed by atoms with Gasteiger partial charge in [0, 0.05) is 19.6 Å². The summed E-state index contributed by atoms with van der Waals surface area (Å²) in [6.07, 6.45) is 20.0. The van der Waals surface area contributed by atoms with E-state index in [0.29, 0.717) is 11.5 Å². The van der Waals surface area contributed by atoms with Crippen LogP contribution in [0.15, 0.2) is 56.0 Å². The molecule has 2 N–H and O–H groups in total. The number of fused-ring (bicyclic) bond motifs is 6. The Morgan fingerprint density at radius 2 is 0.583 bits per heavy atom. The van der Waals surface area contributed by atoms with Gasteiger partial charge in [0.1, 0.15) is 11.5 Å². The van der Waals surface area contributed by atoms with Gasteiger partial charge in [-0.05, 0) is 117 Å². The number of phenols is 2. The minimum absolute atomic E-state index is 0.349. The molecular weight excluding hydrogens is 665 g/mol. The zero-order valence-corrected chi connectivity index (χ0v) is 33.4. The highest BCUT2D eigenvalue weighted by atomic mass is 32.2. The fourth-order valence-electron chi connectivity index (χ4n) is 6.33. The Hall–Kier alpha value is -1.34. The molecule has 0 aliphatic rings. The molecule has 264 valence electrons. The Morgan fingerprint density at radius 3 is 0.875 bits per heavy atom. The quantitative estimate of drug-likeness (QED) is 0.0426. The average molecular weight is 725 g/mol. The van der Waals surface area contributed by atoms with Crippen molar-refractivity contribution in [1.82, 2.24) is 0 Å². The lowest BCUT2D eigenvalue weighted by molar-refractivity contribution is 0.462. The second-order valence-corrected chi connectivity index (χ2v) is 17.8. The monoisotopic (exact) mass is 724 g/mol. The molecule has 2 nitrogen and oxygen atoms in total. The van der Waals surface area contributed by atoms with Crippen LogP contribution in [-0.4, -0.2) is 33.2 Å². The number of aromatic hydroxyl groups is 2. The van der Waals surface area contributed by atoms with E-state index in [1.807, 2.05) is 35.7 Å². The van der Waals surface area contributed by atoms with Gasteiger partial charge in [0.25, 0.3) is 0 Å². The summed E-state index contributed by atoms with van der Waals surface area (Å²) in [5.74, 6) is 5.02. The first-order valence-electron chi connectivity index (χ1n) is 19.0. The number of thioether (sulfide) groups is 4. The fraction of sp³-hybridized carbons (Fsp3) is 0.571. The van der Waals surface area contributed by atoms with Crippen molar-refractivity contribution in [3.8, 4) is 11.5 Å². The van der Waals surface area contributed by atoms with Gasteiger partial charge in [-0.2, -0.15) is 0 Å². The molecule has 0 unspecified atom stereocenters. The SMILES string of the molecule is CCCCCCSc1cc2c(cc1O)c1cc(O)c(SCCCCCC)cc1c1cc(SCCCCCC)c(SCCCCCC)cc21. The Kier molecular flexibility index (Phi) is 17.9. The van der Waals surface area contributed by atoms with Gasteiger partial charge in [0.05, 0.1) is 0 Å². The van der Waals surface area contributed by atoms with Crippen molar-refractivity contribution in [3.63, 3.8) is 0 Å². The van der Waals surface area contributed by atoms with Gasteiger partial charge in [0.15, 0.2) is 0 Å². The molecular formula is C42H60O2S4. The summed E-state index contributed by atoms with van der Waals surface area (Å²) < 4.78 is 0. The van der Waals surface area contributed by atoms with Crippen LogP contribution in [-0.2, 0) is 0 Å². The van der Waals surface area contributed by atoms with Gasteiger partial charge < -0.3 is 10.2 Å². The smallest absolute Gasteiger partial charge is 0.129 e. The maximum atomic E-state index is 11.3. The maximum Gasteiger partial charge on any atom is 0.129 e. The van der Waals surface area contributed by atoms with E-state index in [1.54, 1.807) is 23.5 Å². The molecule has 0 saturated heterocycles. The van der Waals surface area contributed by atoms with E-state index in [9.17, 15) is 10.2 Å². The van der Waals surface area contributed by atoms with E-state index in [-0.39, 0.29) is 0 Å². The van der Waals surface area contributed by atoms with Gasteiger partial charge in [-0.1, -0.05) is 105 Å². The summed E-state index contributed by atoms with van der Waals surface area (Å²) >= 11 is 7.62. The number of benzene rings is 4. The van der Waals surface area contributed by atoms with Crippen LogP contribution in [0.1, 0.15) is 130 Å². The zero-order valence-electron chi connectivity index (χ0n) is 30.1. The second kappa shape index (κ2) is 21.8. The predicted molar refractivity (Wildman–Crippen MR) is 222 cm³/mol. The lowest BCUT2D eigenvalue weighted by Crippen LogP contribution is -1.91. The molecule has 0 saturated carbocycles. The largest absolute Gasteiger partial charge is 0.507 e. The molecule has 4 rings (SSSR count). The van der Waals surface area contributed by atoms with E-state index >= 15 is 0 Å². The van der Waals surface area contributed by atoms with Crippen LogP contribution < -0.4 is 0 Å². The Bertz CT molecular complexity index is 1450. The van der Waals surface area contributed by atoms with Crippen LogP contribution >= 0.6 is 47.0 Å². The van der Waals surface area contributed by atoms with Crippen LogP contribution in [0.5, 0.6) is 11.5 Å². The van der Waals surface area contributed by atoms with Crippen LogP contribution in [0.2, 0.25) is 0 Å². The summed E-state index contributed by atoms with van der Waals surface area (Å²) in [5.41, 5.74) is 0. The number of phenolic OH excluding ortho intramolecular Hbond substituents is 2. The maximum absolute atomic E-state index is 11.3. The van der Waals surface area contributed by atoms with E-state index < -0.39 is 0 Å². The van der Waals surface area contributed by atoms with Crippen LogP contribution in [0.25, 0.3) is 32.3 Å². The molecule has 48 heavy (non-hydrogen) atoms. The summed E-state index contributed by atoms with van der Waals surface area (Å²) in [6, 6.07) is 13.3. The van der Waals surface area contributed by atoms with E-state index in [1.165, 1.54) is 134 Å². The molecule has 0 aliphatic heterocycles. The first kappa shape index (κ1) is 39.4. The molecule has 0 fully saturated rings. The normalized spacial score (nSPS) is 11.8. The number of unbranched alkanes of at least 4 members (excludes halogenated alkanes) is 12. The van der Waals surface area contributed by atoms with Crippen molar-refractivity contribution in [2.24, 2.45) is 0 Å². The molecule has 4 aromatic rings. The molecule has 0 bridgehead atoms. The lowest BCUT2D eigenvalue weighted by atomic mass is 9.94. The average Bonchev–Trinajstić information content (AvgIpc) is 3.08. The highest BCUT2D eigenvalue weighted by Gasteiger charge is 2.18. The third-order valence-electron chi connectivity index (χ3n) is 9.17. The zero-order chi connectivity index (χ0) is 34.1. The standard InChI is InChI=1S/C42H60O2S4/c1-5-9-13-17-21-45-39-27-33-31(25-37(39)43)32-26-38(44)40(46-22-18-14-10-6-2)28-34(32)36-30-42(48-24-20-16-12-8-4)41(29-35(33)36)47-23-19-15-11-7-3/h25-30,43-44H,5-24H2,1-4H3. The lowest BCUT2D eigenvalue weighted by Gasteiger charge is -2.18. The summed E-state index contributed by atoms with van der Waals surface area (Å²) in [4.78, 5) is 4.72. The minimum atomic E-state index is 0.349. The molecule has 6 heteroatoms. The number of hydrogen-bond donors (Lipinski definition) is 2. The molecule has 0 spiro atoms. The molecule has 0 amide bonds. The molecule has 0 atom stereocenters. The first-order valence-corrected chi connectivity index (χ1v) is 22.9.